The first-order valence-electron chi connectivity index (χ1n) is 10.0. The molecule has 6 nitrogen and oxygen atoms in total. The molecule has 1 aliphatic rings. The van der Waals surface area contributed by atoms with Crippen LogP contribution in [-0.2, 0) is 11.3 Å². The first-order valence-corrected chi connectivity index (χ1v) is 10.8. The molecule has 4 heterocycles. The van der Waals surface area contributed by atoms with Crippen LogP contribution in [0.5, 0.6) is 0 Å². The highest BCUT2D eigenvalue weighted by Crippen LogP contribution is 2.37. The van der Waals surface area contributed by atoms with Crippen LogP contribution in [0, 0.1) is 0 Å². The van der Waals surface area contributed by atoms with Gasteiger partial charge in [0.25, 0.3) is 5.91 Å². The van der Waals surface area contributed by atoms with E-state index in [9.17, 15) is 4.79 Å². The third kappa shape index (κ3) is 3.45. The molecule has 3 aromatic heterocycles. The summed E-state index contributed by atoms with van der Waals surface area (Å²) in [7, 11) is 1.66. The molecule has 1 fully saturated rings. The number of hydrogen-bond donors (Lipinski definition) is 1. The van der Waals surface area contributed by atoms with Gasteiger partial charge in [-0.1, -0.05) is 30.3 Å². The van der Waals surface area contributed by atoms with Gasteiger partial charge in [0.1, 0.15) is 9.71 Å². The van der Waals surface area contributed by atoms with Crippen molar-refractivity contribution < 1.29 is 9.53 Å². The quantitative estimate of drug-likeness (QED) is 0.546. The summed E-state index contributed by atoms with van der Waals surface area (Å²) in [5, 5.41) is 4.91. The molecule has 1 aliphatic heterocycles. The molecule has 1 saturated heterocycles. The highest BCUT2D eigenvalue weighted by Gasteiger charge is 2.30. The van der Waals surface area contributed by atoms with Gasteiger partial charge in [-0.05, 0) is 17.7 Å². The van der Waals surface area contributed by atoms with Crippen molar-refractivity contribution in [1.29, 1.82) is 0 Å². The highest BCUT2D eigenvalue weighted by molar-refractivity contribution is 7.20. The number of para-hydroxylation sites is 1. The van der Waals surface area contributed by atoms with Crippen LogP contribution in [0.25, 0.3) is 21.1 Å². The van der Waals surface area contributed by atoms with Gasteiger partial charge in [0.2, 0.25) is 0 Å². The number of hydrogen-bond acceptors (Lipinski definition) is 6. The number of benzene rings is 1. The molecule has 1 aromatic carbocycles. The maximum Gasteiger partial charge on any atom is 0.261 e. The zero-order valence-electron chi connectivity index (χ0n) is 16.7. The van der Waals surface area contributed by atoms with E-state index >= 15 is 0 Å². The fraction of sp³-hybridized carbons (Fsp3) is 0.261. The lowest BCUT2D eigenvalue weighted by atomic mass is 10.0. The number of pyridine rings is 2. The number of nitrogens with one attached hydrogen (secondary N) is 1. The summed E-state index contributed by atoms with van der Waals surface area (Å²) in [6, 6.07) is 14.3. The standard InChI is InChI=1S/C23H22N4O2S/c1-24-22(28)21-19(17-8-4-10-26-23(17)30-21)18-14-27(11-12-29-18)13-16-6-2-5-15-7-3-9-25-20(15)16/h2-10,18H,11-14H2,1H3,(H,24,28)/t18-/m1/s1. The van der Waals surface area contributed by atoms with E-state index in [4.69, 9.17) is 4.74 Å². The number of thiophene rings is 1. The van der Waals surface area contributed by atoms with Crippen LogP contribution in [0.15, 0.2) is 54.9 Å². The summed E-state index contributed by atoms with van der Waals surface area (Å²) < 4.78 is 6.16. The Kier molecular flexibility index (Phi) is 5.16. The van der Waals surface area contributed by atoms with Gasteiger partial charge < -0.3 is 10.1 Å². The summed E-state index contributed by atoms with van der Waals surface area (Å²) >= 11 is 1.43. The topological polar surface area (TPSA) is 67.4 Å². The smallest absolute Gasteiger partial charge is 0.261 e. The maximum absolute atomic E-state index is 12.6. The molecular weight excluding hydrogens is 396 g/mol. The number of aromatic nitrogens is 2. The Morgan fingerprint density at radius 1 is 1.20 bits per heavy atom. The summed E-state index contributed by atoms with van der Waals surface area (Å²) in [6.07, 6.45) is 3.43. The van der Waals surface area contributed by atoms with Gasteiger partial charge in [-0.2, -0.15) is 0 Å². The van der Waals surface area contributed by atoms with Crippen molar-refractivity contribution in [1.82, 2.24) is 20.2 Å². The molecular formula is C23H22N4O2S. The second-order valence-electron chi connectivity index (χ2n) is 7.37. The zero-order chi connectivity index (χ0) is 20.5. The van der Waals surface area contributed by atoms with E-state index in [0.29, 0.717) is 18.0 Å². The fourth-order valence-corrected chi connectivity index (χ4v) is 5.25. The Labute approximate surface area is 178 Å². The molecule has 5 rings (SSSR count). The van der Waals surface area contributed by atoms with Gasteiger partial charge in [0.15, 0.2) is 0 Å². The number of amides is 1. The van der Waals surface area contributed by atoms with Crippen LogP contribution in [0.1, 0.15) is 26.9 Å². The molecule has 1 atom stereocenters. The van der Waals surface area contributed by atoms with Gasteiger partial charge in [0, 0.05) is 55.4 Å². The number of nitrogens with zero attached hydrogens (tertiary/aromatic N) is 3. The number of fused-ring (bicyclic) bond motifs is 2. The second kappa shape index (κ2) is 8.10. The molecule has 0 spiro atoms. The zero-order valence-corrected chi connectivity index (χ0v) is 17.5. The van der Waals surface area contributed by atoms with Gasteiger partial charge in [-0.3, -0.25) is 14.7 Å². The fourth-order valence-electron chi connectivity index (χ4n) is 4.11. The molecule has 1 amide bonds. The Bertz CT molecular complexity index is 1220. The van der Waals surface area contributed by atoms with Crippen molar-refractivity contribution in [3.63, 3.8) is 0 Å². The largest absolute Gasteiger partial charge is 0.371 e. The Hall–Kier alpha value is -2.87. The predicted octanol–water partition coefficient (Wildman–Crippen LogP) is 3.78. The first kappa shape index (κ1) is 19.1. The molecule has 0 unspecified atom stereocenters. The molecule has 7 heteroatoms. The predicted molar refractivity (Wildman–Crippen MR) is 119 cm³/mol. The van der Waals surface area contributed by atoms with Crippen LogP contribution >= 0.6 is 11.3 Å². The van der Waals surface area contributed by atoms with Gasteiger partial charge in [-0.25, -0.2) is 4.98 Å². The van der Waals surface area contributed by atoms with E-state index in [1.807, 2.05) is 24.4 Å². The van der Waals surface area contributed by atoms with Crippen molar-refractivity contribution in [3.8, 4) is 0 Å². The van der Waals surface area contributed by atoms with Crippen molar-refractivity contribution >= 4 is 38.4 Å². The summed E-state index contributed by atoms with van der Waals surface area (Å²) in [5.41, 5.74) is 3.19. The summed E-state index contributed by atoms with van der Waals surface area (Å²) in [5.74, 6) is -0.0908. The molecule has 0 aliphatic carbocycles. The Morgan fingerprint density at radius 2 is 2.03 bits per heavy atom. The van der Waals surface area contributed by atoms with Gasteiger partial charge in [0.05, 0.1) is 18.2 Å². The molecule has 0 radical (unpaired) electrons. The third-order valence-corrected chi connectivity index (χ3v) is 6.65. The number of rotatable bonds is 4. The minimum atomic E-state index is -0.174. The lowest BCUT2D eigenvalue weighted by molar-refractivity contribution is -0.0322. The normalized spacial score (nSPS) is 17.4. The number of carbonyl (C=O) groups is 1. The Morgan fingerprint density at radius 3 is 2.93 bits per heavy atom. The summed E-state index contributed by atoms with van der Waals surface area (Å²) in [6.45, 7) is 2.97. The van der Waals surface area contributed by atoms with E-state index < -0.39 is 0 Å². The van der Waals surface area contributed by atoms with Crippen LogP contribution < -0.4 is 5.32 Å². The lowest BCUT2D eigenvalue weighted by Gasteiger charge is -2.33. The molecule has 0 saturated carbocycles. The number of morpholine rings is 1. The van der Waals surface area contributed by atoms with E-state index in [-0.39, 0.29) is 12.0 Å². The second-order valence-corrected chi connectivity index (χ2v) is 8.37. The van der Waals surface area contributed by atoms with Crippen LogP contribution in [0.2, 0.25) is 0 Å². The van der Waals surface area contributed by atoms with E-state index in [1.165, 1.54) is 16.9 Å². The Balaban J connectivity index is 1.47. The summed E-state index contributed by atoms with van der Waals surface area (Å²) in [4.78, 5) is 25.5. The third-order valence-electron chi connectivity index (χ3n) is 5.52. The average Bonchev–Trinajstić information content (AvgIpc) is 3.19. The lowest BCUT2D eigenvalue weighted by Crippen LogP contribution is -2.38. The monoisotopic (exact) mass is 418 g/mol. The van der Waals surface area contributed by atoms with Crippen LogP contribution in [-0.4, -0.2) is 47.5 Å². The number of ether oxygens (including phenoxy) is 1. The van der Waals surface area contributed by atoms with Crippen molar-refractivity contribution in [2.24, 2.45) is 0 Å². The van der Waals surface area contributed by atoms with E-state index in [2.05, 4.69) is 44.5 Å². The van der Waals surface area contributed by atoms with E-state index in [0.717, 1.165) is 39.8 Å². The number of carbonyl (C=O) groups excluding carboxylic acids is 1. The van der Waals surface area contributed by atoms with Crippen molar-refractivity contribution in [3.05, 3.63) is 70.9 Å². The first-order chi connectivity index (χ1) is 14.7. The van der Waals surface area contributed by atoms with Gasteiger partial charge in [-0.15, -0.1) is 11.3 Å². The maximum atomic E-state index is 12.6. The van der Waals surface area contributed by atoms with Gasteiger partial charge >= 0.3 is 0 Å². The molecule has 1 N–H and O–H groups in total. The van der Waals surface area contributed by atoms with Crippen molar-refractivity contribution in [2.75, 3.05) is 26.7 Å². The minimum absolute atomic E-state index is 0.0908. The molecule has 0 bridgehead atoms. The molecule has 4 aromatic rings. The van der Waals surface area contributed by atoms with Crippen molar-refractivity contribution in [2.45, 2.75) is 12.6 Å². The van der Waals surface area contributed by atoms with E-state index in [1.54, 1.807) is 13.2 Å². The highest BCUT2D eigenvalue weighted by atomic mass is 32.1. The van der Waals surface area contributed by atoms with Crippen LogP contribution in [0.4, 0.5) is 0 Å². The molecule has 152 valence electrons. The molecule has 30 heavy (non-hydrogen) atoms. The average molecular weight is 419 g/mol. The minimum Gasteiger partial charge on any atom is -0.371 e. The SMILES string of the molecule is CNC(=O)c1sc2ncccc2c1[C@H]1CN(Cc2cccc3cccnc23)CCO1. The van der Waals surface area contributed by atoms with Crippen LogP contribution in [0.3, 0.4) is 0 Å².